The van der Waals surface area contributed by atoms with Gasteiger partial charge in [-0.2, -0.15) is 5.10 Å². The molecule has 2 rings (SSSR count). The van der Waals surface area contributed by atoms with Gasteiger partial charge in [-0.15, -0.1) is 0 Å². The van der Waals surface area contributed by atoms with Gasteiger partial charge in [0.15, 0.2) is 0 Å². The molecule has 0 saturated heterocycles. The smallest absolute Gasteiger partial charge is 0.271 e. The molecule has 24 heavy (non-hydrogen) atoms. The number of rotatable bonds is 4. The summed E-state index contributed by atoms with van der Waals surface area (Å²) in [7, 11) is 0. The second-order valence-electron chi connectivity index (χ2n) is 5.35. The number of carbonyl (C=O) groups is 2. The Balaban J connectivity index is 1.98. The molecule has 0 atom stereocenters. The molecule has 0 bridgehead atoms. The van der Waals surface area contributed by atoms with Crippen molar-refractivity contribution in [2.24, 2.45) is 0 Å². The van der Waals surface area contributed by atoms with Gasteiger partial charge in [0.2, 0.25) is 0 Å². The van der Waals surface area contributed by atoms with Crippen LogP contribution < -0.4 is 10.9 Å². The van der Waals surface area contributed by atoms with Crippen LogP contribution in [-0.2, 0) is 11.3 Å². The largest absolute Gasteiger partial charge is 0.273 e. The number of nitrogens with one attached hydrogen (secondary N) is 2. The Bertz CT molecular complexity index is 812. The van der Waals surface area contributed by atoms with Gasteiger partial charge in [0.1, 0.15) is 6.54 Å². The molecule has 9 nitrogen and oxygen atoms in total. The normalized spacial score (nSPS) is 10.3. The highest BCUT2D eigenvalue weighted by Crippen LogP contribution is 2.18. The lowest BCUT2D eigenvalue weighted by Crippen LogP contribution is -2.43. The molecular formula is C15H17N5O4. The van der Waals surface area contributed by atoms with Gasteiger partial charge < -0.3 is 0 Å². The summed E-state index contributed by atoms with van der Waals surface area (Å²) in [5.74, 6) is -1.10. The third kappa shape index (κ3) is 3.94. The van der Waals surface area contributed by atoms with Gasteiger partial charge in [-0.3, -0.25) is 35.2 Å². The number of aromatic nitrogens is 2. The van der Waals surface area contributed by atoms with Crippen LogP contribution in [0.1, 0.15) is 27.3 Å². The van der Waals surface area contributed by atoms with Crippen LogP contribution in [0.25, 0.3) is 0 Å². The number of nitro benzene ring substituents is 1. The van der Waals surface area contributed by atoms with Gasteiger partial charge in [-0.25, -0.2) is 0 Å². The van der Waals surface area contributed by atoms with Crippen molar-refractivity contribution in [3.05, 3.63) is 56.9 Å². The minimum Gasteiger partial charge on any atom is -0.271 e. The topological polar surface area (TPSA) is 119 Å². The average molecular weight is 331 g/mol. The van der Waals surface area contributed by atoms with Gasteiger partial charge in [0.05, 0.1) is 10.6 Å². The summed E-state index contributed by atoms with van der Waals surface area (Å²) in [5, 5.41) is 15.0. The monoisotopic (exact) mass is 331 g/mol. The maximum atomic E-state index is 12.0. The Hall–Kier alpha value is -3.23. The minimum atomic E-state index is -0.639. The molecular weight excluding hydrogens is 314 g/mol. The van der Waals surface area contributed by atoms with E-state index >= 15 is 0 Å². The van der Waals surface area contributed by atoms with E-state index in [0.717, 1.165) is 17.5 Å². The molecule has 2 amide bonds. The first kappa shape index (κ1) is 17.1. The first-order valence-corrected chi connectivity index (χ1v) is 7.13. The van der Waals surface area contributed by atoms with Gasteiger partial charge in [0, 0.05) is 22.9 Å². The molecule has 0 saturated carbocycles. The highest BCUT2D eigenvalue weighted by atomic mass is 16.6. The lowest BCUT2D eigenvalue weighted by atomic mass is 10.1. The Morgan fingerprint density at radius 3 is 2.50 bits per heavy atom. The summed E-state index contributed by atoms with van der Waals surface area (Å²) < 4.78 is 1.51. The van der Waals surface area contributed by atoms with Crippen molar-refractivity contribution < 1.29 is 14.5 Å². The van der Waals surface area contributed by atoms with Crippen LogP contribution in [0.2, 0.25) is 0 Å². The van der Waals surface area contributed by atoms with E-state index in [1.54, 1.807) is 6.92 Å². The number of aryl methyl sites for hydroxylation is 3. The number of hydrogen-bond acceptors (Lipinski definition) is 5. The number of carbonyl (C=O) groups excluding carboxylic acids is 2. The van der Waals surface area contributed by atoms with E-state index in [9.17, 15) is 19.7 Å². The molecule has 1 heterocycles. The van der Waals surface area contributed by atoms with Gasteiger partial charge >= 0.3 is 0 Å². The second kappa shape index (κ2) is 6.90. The Morgan fingerprint density at radius 1 is 1.21 bits per heavy atom. The minimum absolute atomic E-state index is 0.0476. The molecule has 0 aliphatic carbocycles. The lowest BCUT2D eigenvalue weighted by molar-refractivity contribution is -0.385. The molecule has 0 fully saturated rings. The van der Waals surface area contributed by atoms with E-state index in [4.69, 9.17) is 0 Å². The molecule has 1 aromatic carbocycles. The van der Waals surface area contributed by atoms with Crippen LogP contribution in [0.5, 0.6) is 0 Å². The fourth-order valence-electron chi connectivity index (χ4n) is 2.16. The zero-order valence-electron chi connectivity index (χ0n) is 13.5. The number of nitrogens with zero attached hydrogens (tertiary/aromatic N) is 3. The zero-order valence-corrected chi connectivity index (χ0v) is 13.5. The summed E-state index contributed by atoms with van der Waals surface area (Å²) in [4.78, 5) is 34.2. The number of benzene rings is 1. The molecule has 1 aromatic heterocycles. The molecule has 0 spiro atoms. The third-order valence-electron chi connectivity index (χ3n) is 3.38. The summed E-state index contributed by atoms with van der Waals surface area (Å²) in [6.45, 7) is 5.16. The maximum Gasteiger partial charge on any atom is 0.273 e. The van der Waals surface area contributed by atoms with E-state index in [1.165, 1.54) is 16.8 Å². The van der Waals surface area contributed by atoms with E-state index < -0.39 is 16.7 Å². The number of amides is 2. The first-order valence-electron chi connectivity index (χ1n) is 7.13. The van der Waals surface area contributed by atoms with Crippen LogP contribution in [0.4, 0.5) is 5.69 Å². The van der Waals surface area contributed by atoms with Gasteiger partial charge in [-0.05, 0) is 32.9 Å². The SMILES string of the molecule is Cc1cc(C)n(CC(=O)NNC(=O)c2ccc(C)c([N+](=O)[O-])c2)n1. The summed E-state index contributed by atoms with van der Waals surface area (Å²) in [6, 6.07) is 5.92. The number of hydrogen-bond donors (Lipinski definition) is 2. The van der Waals surface area contributed by atoms with E-state index in [0.29, 0.717) is 5.56 Å². The fraction of sp³-hybridized carbons (Fsp3) is 0.267. The molecule has 0 unspecified atom stereocenters. The van der Waals surface area contributed by atoms with Crippen molar-refractivity contribution in [3.63, 3.8) is 0 Å². The fourth-order valence-corrected chi connectivity index (χ4v) is 2.16. The third-order valence-corrected chi connectivity index (χ3v) is 3.38. The summed E-state index contributed by atoms with van der Waals surface area (Å²) in [5.41, 5.74) is 6.47. The highest BCUT2D eigenvalue weighted by Gasteiger charge is 2.15. The standard InChI is InChI=1S/C15H17N5O4/c1-9-4-5-12(7-13(9)20(23)24)15(22)17-16-14(21)8-19-11(3)6-10(2)18-19/h4-7H,8H2,1-3H3,(H,16,21)(H,17,22). The van der Waals surface area contributed by atoms with Gasteiger partial charge in [0.25, 0.3) is 17.5 Å². The first-order chi connectivity index (χ1) is 11.3. The highest BCUT2D eigenvalue weighted by molar-refractivity contribution is 5.96. The Morgan fingerprint density at radius 2 is 1.92 bits per heavy atom. The van der Waals surface area contributed by atoms with Crippen molar-refractivity contribution in [3.8, 4) is 0 Å². The zero-order chi connectivity index (χ0) is 17.9. The van der Waals surface area contributed by atoms with E-state index in [2.05, 4.69) is 16.0 Å². The summed E-state index contributed by atoms with van der Waals surface area (Å²) >= 11 is 0. The van der Waals surface area contributed by atoms with Crippen molar-refractivity contribution in [2.45, 2.75) is 27.3 Å². The number of nitro groups is 1. The van der Waals surface area contributed by atoms with Gasteiger partial charge in [-0.1, -0.05) is 6.07 Å². The predicted molar refractivity (Wildman–Crippen MR) is 85.1 cm³/mol. The van der Waals surface area contributed by atoms with Crippen LogP contribution in [-0.4, -0.2) is 26.5 Å². The van der Waals surface area contributed by atoms with Crippen molar-refractivity contribution >= 4 is 17.5 Å². The van der Waals surface area contributed by atoms with Crippen molar-refractivity contribution in [1.29, 1.82) is 0 Å². The van der Waals surface area contributed by atoms with Crippen LogP contribution in [0.3, 0.4) is 0 Å². The van der Waals surface area contributed by atoms with Crippen molar-refractivity contribution in [1.82, 2.24) is 20.6 Å². The number of hydrazine groups is 1. The predicted octanol–water partition coefficient (Wildman–Crippen LogP) is 1.18. The maximum absolute atomic E-state index is 12.0. The molecule has 0 radical (unpaired) electrons. The molecule has 2 aromatic rings. The van der Waals surface area contributed by atoms with Crippen LogP contribution in [0, 0.1) is 30.9 Å². The second-order valence-corrected chi connectivity index (χ2v) is 5.35. The molecule has 126 valence electrons. The molecule has 9 heteroatoms. The quantitative estimate of drug-likeness (QED) is 0.644. The Labute approximate surface area is 137 Å². The Kier molecular flexibility index (Phi) is 4.93. The van der Waals surface area contributed by atoms with E-state index in [-0.39, 0.29) is 17.8 Å². The lowest BCUT2D eigenvalue weighted by Gasteiger charge is -2.09. The van der Waals surface area contributed by atoms with Crippen LogP contribution in [0.15, 0.2) is 24.3 Å². The van der Waals surface area contributed by atoms with E-state index in [1.807, 2.05) is 19.9 Å². The van der Waals surface area contributed by atoms with Crippen molar-refractivity contribution in [2.75, 3.05) is 0 Å². The molecule has 0 aliphatic rings. The van der Waals surface area contributed by atoms with Crippen LogP contribution >= 0.6 is 0 Å². The molecule has 0 aliphatic heterocycles. The summed E-state index contributed by atoms with van der Waals surface area (Å²) in [6.07, 6.45) is 0. The average Bonchev–Trinajstić information content (AvgIpc) is 2.82. The molecule has 2 N–H and O–H groups in total.